The predicted octanol–water partition coefficient (Wildman–Crippen LogP) is 3.67. The zero-order valence-electron chi connectivity index (χ0n) is 16.2. The van der Waals surface area contributed by atoms with E-state index >= 15 is 0 Å². The summed E-state index contributed by atoms with van der Waals surface area (Å²) >= 11 is 5.51. The third-order valence-electron chi connectivity index (χ3n) is 5.62. The van der Waals surface area contributed by atoms with Gasteiger partial charge in [-0.3, -0.25) is 4.79 Å². The molecule has 0 amide bonds. The van der Waals surface area contributed by atoms with E-state index in [1.54, 1.807) is 0 Å². The first kappa shape index (κ1) is 18.2. The molecule has 0 unspecified atom stereocenters. The number of aromatic nitrogens is 2. The van der Waals surface area contributed by atoms with Gasteiger partial charge in [-0.25, -0.2) is 4.68 Å². The quantitative estimate of drug-likeness (QED) is 0.803. The van der Waals surface area contributed by atoms with Crippen LogP contribution in [-0.4, -0.2) is 39.2 Å². The van der Waals surface area contributed by atoms with Crippen molar-refractivity contribution in [2.75, 3.05) is 13.6 Å². The molecule has 0 radical (unpaired) electrons. The molecule has 27 heavy (non-hydrogen) atoms. The normalized spacial score (nSPS) is 21.2. The highest BCUT2D eigenvalue weighted by Crippen LogP contribution is 2.41. The van der Waals surface area contributed by atoms with Crippen molar-refractivity contribution >= 4 is 23.1 Å². The molecule has 0 bridgehead atoms. The number of carbonyl (C=O) groups is 1. The summed E-state index contributed by atoms with van der Waals surface area (Å²) in [5, 5.41) is 8.81. The van der Waals surface area contributed by atoms with Crippen molar-refractivity contribution in [2.45, 2.75) is 45.6 Å². The van der Waals surface area contributed by atoms with Gasteiger partial charge in [0.1, 0.15) is 0 Å². The first-order chi connectivity index (χ1) is 12.9. The van der Waals surface area contributed by atoms with E-state index in [0.29, 0.717) is 6.42 Å². The fraction of sp³-hybridized carbons (Fsp3) is 0.476. The molecular formula is C21H26N4OS. The van der Waals surface area contributed by atoms with Crippen LogP contribution in [0.15, 0.2) is 30.3 Å². The molecule has 1 atom stereocenters. The van der Waals surface area contributed by atoms with Gasteiger partial charge >= 0.3 is 0 Å². The van der Waals surface area contributed by atoms with E-state index in [0.717, 1.165) is 53.6 Å². The molecule has 142 valence electrons. The molecule has 1 aromatic carbocycles. The molecule has 2 aromatic rings. The van der Waals surface area contributed by atoms with Crippen molar-refractivity contribution in [3.8, 4) is 5.69 Å². The van der Waals surface area contributed by atoms with Gasteiger partial charge in [0.2, 0.25) is 0 Å². The molecular weight excluding hydrogens is 356 g/mol. The number of para-hydroxylation sites is 1. The van der Waals surface area contributed by atoms with Gasteiger partial charge in [0.25, 0.3) is 0 Å². The second-order valence-corrected chi connectivity index (χ2v) is 8.69. The largest absolute Gasteiger partial charge is 0.366 e. The van der Waals surface area contributed by atoms with E-state index in [1.165, 1.54) is 0 Å². The van der Waals surface area contributed by atoms with Gasteiger partial charge in [0.05, 0.1) is 28.7 Å². The molecule has 1 N–H and O–H groups in total. The number of ketones is 1. The highest BCUT2D eigenvalue weighted by molar-refractivity contribution is 7.80. The fourth-order valence-corrected chi connectivity index (χ4v) is 4.65. The van der Waals surface area contributed by atoms with Crippen LogP contribution >= 0.6 is 12.2 Å². The number of thiocarbonyl (C=S) groups is 1. The van der Waals surface area contributed by atoms with E-state index in [1.807, 2.05) is 42.1 Å². The van der Waals surface area contributed by atoms with Crippen LogP contribution in [0.1, 0.15) is 60.9 Å². The Morgan fingerprint density at radius 3 is 2.70 bits per heavy atom. The highest BCUT2D eigenvalue weighted by Gasteiger charge is 2.41. The number of fused-ring (bicyclic) bond motifs is 1. The van der Waals surface area contributed by atoms with Gasteiger partial charge in [-0.2, -0.15) is 5.10 Å². The zero-order chi connectivity index (χ0) is 19.2. The molecule has 0 spiro atoms. The molecule has 0 saturated carbocycles. The summed E-state index contributed by atoms with van der Waals surface area (Å²) in [4.78, 5) is 15.3. The van der Waals surface area contributed by atoms with Crippen molar-refractivity contribution in [3.63, 3.8) is 0 Å². The standard InChI is InChI=1S/C21H26N4OS/c1-21(2)12-16-18(17(26)13-21)19(15-10-7-11-24(15)20(27)22-3)23-25(16)14-8-5-4-6-9-14/h4-6,8-9,15H,7,10-13H2,1-3H3,(H,22,27)/t15-/m0/s1. The van der Waals surface area contributed by atoms with Gasteiger partial charge in [-0.05, 0) is 49.0 Å². The van der Waals surface area contributed by atoms with E-state index in [9.17, 15) is 4.79 Å². The first-order valence-electron chi connectivity index (χ1n) is 9.60. The van der Waals surface area contributed by atoms with Gasteiger partial charge < -0.3 is 10.2 Å². The van der Waals surface area contributed by atoms with E-state index in [2.05, 4.69) is 24.1 Å². The predicted molar refractivity (Wildman–Crippen MR) is 110 cm³/mol. The van der Waals surface area contributed by atoms with Gasteiger partial charge in [0, 0.05) is 20.0 Å². The number of hydrogen-bond donors (Lipinski definition) is 1. The van der Waals surface area contributed by atoms with Crippen LogP contribution in [0.3, 0.4) is 0 Å². The minimum Gasteiger partial charge on any atom is -0.366 e. The maximum Gasteiger partial charge on any atom is 0.169 e. The summed E-state index contributed by atoms with van der Waals surface area (Å²) in [5.41, 5.74) is 3.72. The minimum atomic E-state index is -0.0520. The summed E-state index contributed by atoms with van der Waals surface area (Å²) in [6.45, 7) is 5.22. The van der Waals surface area contributed by atoms with E-state index in [4.69, 9.17) is 17.3 Å². The van der Waals surface area contributed by atoms with Gasteiger partial charge in [-0.1, -0.05) is 32.0 Å². The lowest BCUT2D eigenvalue weighted by atomic mass is 9.75. The zero-order valence-corrected chi connectivity index (χ0v) is 17.0. The number of hydrogen-bond acceptors (Lipinski definition) is 3. The first-order valence-corrected chi connectivity index (χ1v) is 10.0. The minimum absolute atomic E-state index is 0.0520. The van der Waals surface area contributed by atoms with Crippen molar-refractivity contribution in [3.05, 3.63) is 47.3 Å². The lowest BCUT2D eigenvalue weighted by molar-refractivity contribution is 0.0908. The van der Waals surface area contributed by atoms with E-state index in [-0.39, 0.29) is 17.2 Å². The van der Waals surface area contributed by atoms with Crippen LogP contribution in [0.4, 0.5) is 0 Å². The van der Waals surface area contributed by atoms with Crippen LogP contribution in [0.2, 0.25) is 0 Å². The average molecular weight is 383 g/mol. The summed E-state index contributed by atoms with van der Waals surface area (Å²) < 4.78 is 1.99. The SMILES string of the molecule is CNC(=S)N1CCC[C@H]1c1nn(-c2ccccc2)c2c1C(=O)CC(C)(C)C2. The molecule has 5 nitrogen and oxygen atoms in total. The number of benzene rings is 1. The Kier molecular flexibility index (Phi) is 4.54. The molecule has 1 aliphatic carbocycles. The van der Waals surface area contributed by atoms with Crippen LogP contribution in [0, 0.1) is 5.41 Å². The van der Waals surface area contributed by atoms with Gasteiger partial charge in [0.15, 0.2) is 10.9 Å². The number of nitrogens with one attached hydrogen (secondary N) is 1. The van der Waals surface area contributed by atoms with Crippen molar-refractivity contribution in [1.29, 1.82) is 0 Å². The summed E-state index contributed by atoms with van der Waals surface area (Å²) in [6, 6.07) is 10.2. The maximum atomic E-state index is 13.1. The highest BCUT2D eigenvalue weighted by atomic mass is 32.1. The Morgan fingerprint density at radius 2 is 2.00 bits per heavy atom. The lowest BCUT2D eigenvalue weighted by Crippen LogP contribution is -2.38. The van der Waals surface area contributed by atoms with Crippen molar-refractivity contribution in [2.24, 2.45) is 5.41 Å². The van der Waals surface area contributed by atoms with Crippen LogP contribution < -0.4 is 5.32 Å². The Labute approximate surface area is 165 Å². The monoisotopic (exact) mass is 382 g/mol. The second-order valence-electron chi connectivity index (χ2n) is 8.30. The maximum absolute atomic E-state index is 13.1. The molecule has 1 aromatic heterocycles. The van der Waals surface area contributed by atoms with Crippen LogP contribution in [0.5, 0.6) is 0 Å². The average Bonchev–Trinajstić information content (AvgIpc) is 3.25. The Bertz CT molecular complexity index is 887. The molecule has 2 aliphatic rings. The summed E-state index contributed by atoms with van der Waals surface area (Å²) in [5.74, 6) is 0.209. The topological polar surface area (TPSA) is 50.2 Å². The van der Waals surface area contributed by atoms with Gasteiger partial charge in [-0.15, -0.1) is 0 Å². The van der Waals surface area contributed by atoms with Crippen molar-refractivity contribution in [1.82, 2.24) is 20.0 Å². The second kappa shape index (κ2) is 6.75. The smallest absolute Gasteiger partial charge is 0.169 e. The third kappa shape index (κ3) is 3.16. The molecule has 2 heterocycles. The Balaban J connectivity index is 1.87. The number of likely N-dealkylation sites (tertiary alicyclic amines) is 1. The summed E-state index contributed by atoms with van der Waals surface area (Å²) in [6.07, 6.45) is 3.44. The van der Waals surface area contributed by atoms with Crippen LogP contribution in [0.25, 0.3) is 5.69 Å². The lowest BCUT2D eigenvalue weighted by Gasteiger charge is -2.30. The van der Waals surface area contributed by atoms with E-state index < -0.39 is 0 Å². The molecule has 1 fully saturated rings. The Morgan fingerprint density at radius 1 is 1.26 bits per heavy atom. The van der Waals surface area contributed by atoms with Crippen molar-refractivity contribution < 1.29 is 4.79 Å². The molecule has 4 rings (SSSR count). The number of carbonyl (C=O) groups excluding carboxylic acids is 1. The Hall–Kier alpha value is -2.21. The molecule has 1 saturated heterocycles. The fourth-order valence-electron chi connectivity index (χ4n) is 4.43. The molecule has 1 aliphatic heterocycles. The molecule has 6 heteroatoms. The number of Topliss-reactive ketones (excluding diaryl/α,β-unsaturated/α-hetero) is 1. The summed E-state index contributed by atoms with van der Waals surface area (Å²) in [7, 11) is 1.85. The number of rotatable bonds is 2. The number of nitrogens with zero attached hydrogens (tertiary/aromatic N) is 3. The third-order valence-corrected chi connectivity index (χ3v) is 6.05. The van der Waals surface area contributed by atoms with Crippen LogP contribution in [-0.2, 0) is 6.42 Å².